The highest BCUT2D eigenvalue weighted by molar-refractivity contribution is 7.09. The number of nitrogens with zero attached hydrogens (tertiary/aromatic N) is 2. The minimum Gasteiger partial charge on any atom is -0.396 e. The van der Waals surface area contributed by atoms with Gasteiger partial charge in [-0.15, -0.1) is 11.3 Å². The molecule has 20 heavy (non-hydrogen) atoms. The fourth-order valence-corrected chi connectivity index (χ4v) is 3.68. The first kappa shape index (κ1) is 13.7. The van der Waals surface area contributed by atoms with Gasteiger partial charge in [-0.05, 0) is 30.4 Å². The summed E-state index contributed by atoms with van der Waals surface area (Å²) in [7, 11) is 0. The number of rotatable bonds is 6. The minimum atomic E-state index is 0.253. The van der Waals surface area contributed by atoms with Gasteiger partial charge in [-0.2, -0.15) is 0 Å². The molecule has 1 N–H and O–H groups in total. The SMILES string of the molecule is OCCCN(Cc1nccs1)C1CCc2ccccc21. The Labute approximate surface area is 123 Å². The predicted octanol–water partition coefficient (Wildman–Crippen LogP) is 3.02. The second kappa shape index (κ2) is 6.48. The van der Waals surface area contributed by atoms with E-state index >= 15 is 0 Å². The van der Waals surface area contributed by atoms with E-state index < -0.39 is 0 Å². The molecule has 3 rings (SSSR count). The molecule has 1 atom stereocenters. The van der Waals surface area contributed by atoms with E-state index in [1.807, 2.05) is 11.6 Å². The van der Waals surface area contributed by atoms with Crippen molar-refractivity contribution in [1.29, 1.82) is 0 Å². The molecule has 0 spiro atoms. The maximum absolute atomic E-state index is 9.14. The van der Waals surface area contributed by atoms with Crippen molar-refractivity contribution in [3.05, 3.63) is 52.0 Å². The van der Waals surface area contributed by atoms with Gasteiger partial charge in [-0.1, -0.05) is 24.3 Å². The molecule has 0 aliphatic heterocycles. The highest BCUT2D eigenvalue weighted by Gasteiger charge is 2.27. The molecule has 1 aromatic carbocycles. The van der Waals surface area contributed by atoms with Crippen LogP contribution in [-0.2, 0) is 13.0 Å². The first-order valence-corrected chi connectivity index (χ1v) is 8.07. The van der Waals surface area contributed by atoms with Crippen LogP contribution in [0.25, 0.3) is 0 Å². The number of aryl methyl sites for hydroxylation is 1. The van der Waals surface area contributed by atoms with E-state index in [-0.39, 0.29) is 6.61 Å². The third-order valence-electron chi connectivity index (χ3n) is 3.97. The molecule has 1 aliphatic carbocycles. The van der Waals surface area contributed by atoms with Crippen LogP contribution < -0.4 is 0 Å². The lowest BCUT2D eigenvalue weighted by Crippen LogP contribution is -2.28. The Hall–Kier alpha value is -1.23. The van der Waals surface area contributed by atoms with Crippen LogP contribution in [0.15, 0.2) is 35.8 Å². The molecule has 3 nitrogen and oxygen atoms in total. The monoisotopic (exact) mass is 288 g/mol. The van der Waals surface area contributed by atoms with Gasteiger partial charge < -0.3 is 5.11 Å². The Morgan fingerprint density at radius 1 is 1.35 bits per heavy atom. The molecule has 106 valence electrons. The van der Waals surface area contributed by atoms with Crippen LogP contribution in [0.3, 0.4) is 0 Å². The van der Waals surface area contributed by atoms with Crippen molar-refractivity contribution in [2.75, 3.05) is 13.2 Å². The summed E-state index contributed by atoms with van der Waals surface area (Å²) in [5.74, 6) is 0. The topological polar surface area (TPSA) is 36.4 Å². The summed E-state index contributed by atoms with van der Waals surface area (Å²) >= 11 is 1.71. The van der Waals surface area contributed by atoms with Crippen molar-refractivity contribution < 1.29 is 5.11 Å². The van der Waals surface area contributed by atoms with Gasteiger partial charge in [0.1, 0.15) is 5.01 Å². The Morgan fingerprint density at radius 3 is 3.05 bits per heavy atom. The first-order valence-electron chi connectivity index (χ1n) is 7.19. The third kappa shape index (κ3) is 2.92. The molecule has 0 saturated heterocycles. The molecular weight excluding hydrogens is 268 g/mol. The largest absolute Gasteiger partial charge is 0.396 e. The van der Waals surface area contributed by atoms with Crippen LogP contribution >= 0.6 is 11.3 Å². The Balaban J connectivity index is 1.79. The first-order chi connectivity index (χ1) is 9.88. The summed E-state index contributed by atoms with van der Waals surface area (Å²) in [6.07, 6.45) is 5.03. The average molecular weight is 288 g/mol. The second-order valence-electron chi connectivity index (χ2n) is 5.23. The fraction of sp³-hybridized carbons (Fsp3) is 0.438. The van der Waals surface area contributed by atoms with E-state index in [1.54, 1.807) is 11.3 Å². The summed E-state index contributed by atoms with van der Waals surface area (Å²) in [4.78, 5) is 6.88. The van der Waals surface area contributed by atoms with Crippen LogP contribution in [0.1, 0.15) is 35.0 Å². The summed E-state index contributed by atoms with van der Waals surface area (Å²) in [5, 5.41) is 12.3. The van der Waals surface area contributed by atoms with Crippen molar-refractivity contribution >= 4 is 11.3 Å². The Kier molecular flexibility index (Phi) is 4.45. The van der Waals surface area contributed by atoms with Gasteiger partial charge in [0.15, 0.2) is 0 Å². The quantitative estimate of drug-likeness (QED) is 0.887. The number of benzene rings is 1. The second-order valence-corrected chi connectivity index (χ2v) is 6.21. The van der Waals surface area contributed by atoms with Gasteiger partial charge in [-0.25, -0.2) is 4.98 Å². The van der Waals surface area contributed by atoms with Crippen LogP contribution in [0.2, 0.25) is 0 Å². The van der Waals surface area contributed by atoms with Crippen LogP contribution in [0, 0.1) is 0 Å². The predicted molar refractivity (Wildman–Crippen MR) is 81.7 cm³/mol. The van der Waals surface area contributed by atoms with E-state index in [0.717, 1.165) is 30.9 Å². The van der Waals surface area contributed by atoms with Crippen LogP contribution in [0.5, 0.6) is 0 Å². The van der Waals surface area contributed by atoms with Crippen molar-refractivity contribution in [2.24, 2.45) is 0 Å². The summed E-state index contributed by atoms with van der Waals surface area (Å²) < 4.78 is 0. The lowest BCUT2D eigenvalue weighted by molar-refractivity contribution is 0.165. The molecule has 1 heterocycles. The molecule has 0 fully saturated rings. The smallest absolute Gasteiger partial charge is 0.107 e. The molecule has 2 aromatic rings. The summed E-state index contributed by atoms with van der Waals surface area (Å²) in [6.45, 7) is 2.06. The number of aliphatic hydroxyl groups excluding tert-OH is 1. The lowest BCUT2D eigenvalue weighted by Gasteiger charge is -2.28. The van der Waals surface area contributed by atoms with Crippen molar-refractivity contribution in [3.63, 3.8) is 0 Å². The molecule has 0 amide bonds. The highest BCUT2D eigenvalue weighted by atomic mass is 32.1. The van der Waals surface area contributed by atoms with Gasteiger partial charge in [0.05, 0.1) is 6.54 Å². The molecule has 0 saturated carbocycles. The molecule has 1 aliphatic rings. The van der Waals surface area contributed by atoms with E-state index in [1.165, 1.54) is 17.5 Å². The van der Waals surface area contributed by atoms with Gasteiger partial charge in [-0.3, -0.25) is 4.90 Å². The number of aromatic nitrogens is 1. The van der Waals surface area contributed by atoms with Gasteiger partial charge in [0, 0.05) is 30.8 Å². The summed E-state index contributed by atoms with van der Waals surface area (Å²) in [6, 6.07) is 9.22. The number of hydrogen-bond acceptors (Lipinski definition) is 4. The van der Waals surface area contributed by atoms with Gasteiger partial charge >= 0.3 is 0 Å². The molecule has 0 bridgehead atoms. The third-order valence-corrected chi connectivity index (χ3v) is 4.73. The molecule has 1 aromatic heterocycles. The van der Waals surface area contributed by atoms with Crippen LogP contribution in [-0.4, -0.2) is 28.1 Å². The van der Waals surface area contributed by atoms with Gasteiger partial charge in [0.2, 0.25) is 0 Å². The minimum absolute atomic E-state index is 0.253. The zero-order valence-electron chi connectivity index (χ0n) is 11.5. The average Bonchev–Trinajstić information content (AvgIpc) is 3.12. The molecular formula is C16H20N2OS. The molecule has 1 unspecified atom stereocenters. The zero-order valence-corrected chi connectivity index (χ0v) is 12.4. The van der Waals surface area contributed by atoms with Crippen molar-refractivity contribution in [3.8, 4) is 0 Å². The maximum Gasteiger partial charge on any atom is 0.107 e. The van der Waals surface area contributed by atoms with E-state index in [0.29, 0.717) is 6.04 Å². The Bertz CT molecular complexity index is 541. The molecule has 0 radical (unpaired) electrons. The van der Waals surface area contributed by atoms with E-state index in [9.17, 15) is 0 Å². The van der Waals surface area contributed by atoms with E-state index in [4.69, 9.17) is 5.11 Å². The van der Waals surface area contributed by atoms with Gasteiger partial charge in [0.25, 0.3) is 0 Å². The fourth-order valence-electron chi connectivity index (χ4n) is 3.04. The zero-order chi connectivity index (χ0) is 13.8. The number of thiazole rings is 1. The Morgan fingerprint density at radius 2 is 2.25 bits per heavy atom. The lowest BCUT2D eigenvalue weighted by atomic mass is 10.1. The normalized spacial score (nSPS) is 17.6. The number of hydrogen-bond donors (Lipinski definition) is 1. The van der Waals surface area contributed by atoms with Crippen LogP contribution in [0.4, 0.5) is 0 Å². The summed E-state index contributed by atoms with van der Waals surface area (Å²) in [5.41, 5.74) is 2.94. The molecule has 4 heteroatoms. The van der Waals surface area contributed by atoms with Crippen molar-refractivity contribution in [2.45, 2.75) is 31.8 Å². The standard InChI is InChI=1S/C16H20N2OS/c19-10-3-9-18(12-16-17-8-11-20-16)15-7-6-13-4-1-2-5-14(13)15/h1-2,4-5,8,11,15,19H,3,6-7,9-10,12H2. The van der Waals surface area contributed by atoms with E-state index in [2.05, 4.69) is 34.1 Å². The number of aliphatic hydroxyl groups is 1. The maximum atomic E-state index is 9.14. The highest BCUT2D eigenvalue weighted by Crippen LogP contribution is 2.36. The van der Waals surface area contributed by atoms with Crippen molar-refractivity contribution in [1.82, 2.24) is 9.88 Å². The number of fused-ring (bicyclic) bond motifs is 1.